The van der Waals surface area contributed by atoms with Gasteiger partial charge >= 0.3 is 0 Å². The molecule has 1 amide bonds. The molecular weight excluding hydrogens is 302 g/mol. The summed E-state index contributed by atoms with van der Waals surface area (Å²) in [6, 6.07) is 8.32. The van der Waals surface area contributed by atoms with Gasteiger partial charge in [0.15, 0.2) is 0 Å². The number of hydrogen-bond acceptors (Lipinski definition) is 3. The van der Waals surface area contributed by atoms with Crippen molar-refractivity contribution in [3.8, 4) is 0 Å². The topological polar surface area (TPSA) is 38.8 Å². The van der Waals surface area contributed by atoms with Gasteiger partial charge in [-0.1, -0.05) is 24.3 Å². The lowest BCUT2D eigenvalue weighted by molar-refractivity contribution is -0.162. The summed E-state index contributed by atoms with van der Waals surface area (Å²) in [5.41, 5.74) is 2.53. The highest BCUT2D eigenvalue weighted by atomic mass is 16.5. The summed E-state index contributed by atoms with van der Waals surface area (Å²) in [5.74, 6) is 0.262. The van der Waals surface area contributed by atoms with E-state index in [0.717, 1.165) is 45.4 Å². The molecule has 0 radical (unpaired) electrons. The van der Waals surface area contributed by atoms with E-state index in [1.165, 1.54) is 11.1 Å². The largest absolute Gasteiger partial charge is 0.384 e. The third-order valence-electron chi connectivity index (χ3n) is 5.64. The molecule has 24 heavy (non-hydrogen) atoms. The Hall–Kier alpha value is -1.39. The second-order valence-corrected chi connectivity index (χ2v) is 7.29. The maximum Gasteiger partial charge on any atom is 0.222 e. The Morgan fingerprint density at radius 1 is 1.42 bits per heavy atom. The highest BCUT2D eigenvalue weighted by Crippen LogP contribution is 2.40. The number of aryl methyl sites for hydroxylation is 2. The van der Waals surface area contributed by atoms with Gasteiger partial charge in [-0.2, -0.15) is 0 Å². The molecule has 4 nitrogen and oxygen atoms in total. The summed E-state index contributed by atoms with van der Waals surface area (Å²) in [6.45, 7) is 5.22. The first-order chi connectivity index (χ1) is 11.6. The van der Waals surface area contributed by atoms with E-state index in [2.05, 4.69) is 19.1 Å². The van der Waals surface area contributed by atoms with E-state index in [0.29, 0.717) is 13.0 Å². The number of likely N-dealkylation sites (tertiary alicyclic amines) is 1. The summed E-state index contributed by atoms with van der Waals surface area (Å²) < 4.78 is 11.5. The molecule has 0 aromatic heterocycles. The Labute approximate surface area is 145 Å². The number of benzene rings is 1. The van der Waals surface area contributed by atoms with Crippen molar-refractivity contribution in [2.75, 3.05) is 33.4 Å². The third kappa shape index (κ3) is 3.65. The number of hydrogen-bond donors (Lipinski definition) is 0. The lowest BCUT2D eigenvalue weighted by atomic mass is 9.73. The monoisotopic (exact) mass is 331 g/mol. The average Bonchev–Trinajstić information content (AvgIpc) is 2.60. The molecule has 3 rings (SSSR count). The van der Waals surface area contributed by atoms with Crippen LogP contribution in [0.4, 0.5) is 0 Å². The molecule has 2 aliphatic heterocycles. The fourth-order valence-corrected chi connectivity index (χ4v) is 4.29. The molecule has 0 unspecified atom stereocenters. The Morgan fingerprint density at radius 3 is 3.04 bits per heavy atom. The van der Waals surface area contributed by atoms with Crippen molar-refractivity contribution in [2.45, 2.75) is 45.1 Å². The maximum atomic E-state index is 12.7. The van der Waals surface area contributed by atoms with Gasteiger partial charge in [-0.15, -0.1) is 0 Å². The third-order valence-corrected chi connectivity index (χ3v) is 5.64. The van der Waals surface area contributed by atoms with E-state index in [1.54, 1.807) is 7.11 Å². The molecule has 2 aliphatic rings. The van der Waals surface area contributed by atoms with Crippen molar-refractivity contribution in [3.63, 3.8) is 0 Å². The number of nitrogens with zero attached hydrogens (tertiary/aromatic N) is 1. The van der Waals surface area contributed by atoms with E-state index < -0.39 is 0 Å². The molecule has 1 aromatic rings. The second kappa shape index (κ2) is 7.66. The van der Waals surface area contributed by atoms with E-state index >= 15 is 0 Å². The number of carbonyl (C=O) groups excluding carboxylic acids is 1. The van der Waals surface area contributed by atoms with Crippen molar-refractivity contribution in [3.05, 3.63) is 35.4 Å². The van der Waals surface area contributed by atoms with Crippen molar-refractivity contribution >= 4 is 5.91 Å². The van der Waals surface area contributed by atoms with E-state index in [4.69, 9.17) is 9.47 Å². The molecule has 2 saturated heterocycles. The lowest BCUT2D eigenvalue weighted by Gasteiger charge is -2.50. The number of amides is 1. The molecule has 132 valence electrons. The molecule has 0 bridgehead atoms. The summed E-state index contributed by atoms with van der Waals surface area (Å²) in [6.07, 6.45) is 4.72. The molecule has 0 spiro atoms. The Kier molecular flexibility index (Phi) is 5.57. The van der Waals surface area contributed by atoms with Gasteiger partial charge in [0.25, 0.3) is 0 Å². The van der Waals surface area contributed by atoms with Crippen LogP contribution in [0.15, 0.2) is 24.3 Å². The zero-order valence-electron chi connectivity index (χ0n) is 14.9. The number of piperidine rings is 1. The van der Waals surface area contributed by atoms with Gasteiger partial charge in [-0.25, -0.2) is 0 Å². The molecule has 0 aliphatic carbocycles. The zero-order valence-corrected chi connectivity index (χ0v) is 14.9. The Morgan fingerprint density at radius 2 is 2.25 bits per heavy atom. The Balaban J connectivity index is 1.62. The first kappa shape index (κ1) is 17.4. The molecule has 0 saturated carbocycles. The maximum absolute atomic E-state index is 12.7. The molecule has 2 heterocycles. The number of rotatable bonds is 5. The van der Waals surface area contributed by atoms with Crippen molar-refractivity contribution in [2.24, 2.45) is 5.41 Å². The van der Waals surface area contributed by atoms with Crippen LogP contribution >= 0.6 is 0 Å². The van der Waals surface area contributed by atoms with Crippen LogP contribution in [0, 0.1) is 12.3 Å². The second-order valence-electron chi connectivity index (χ2n) is 7.29. The fraction of sp³-hybridized carbons (Fsp3) is 0.650. The first-order valence-electron chi connectivity index (χ1n) is 9.07. The minimum absolute atomic E-state index is 0.0103. The molecular formula is C20H29NO3. The number of methoxy groups -OCH3 is 1. The number of carbonyl (C=O) groups is 1. The quantitative estimate of drug-likeness (QED) is 0.833. The molecule has 0 N–H and O–H groups in total. The van der Waals surface area contributed by atoms with Gasteiger partial charge in [-0.3, -0.25) is 4.79 Å². The molecule has 4 heteroatoms. The molecule has 1 aromatic carbocycles. The number of ether oxygens (including phenoxy) is 2. The Bertz CT molecular complexity index is 570. The van der Waals surface area contributed by atoms with Crippen molar-refractivity contribution in [1.29, 1.82) is 0 Å². The van der Waals surface area contributed by atoms with Crippen LogP contribution in [-0.4, -0.2) is 50.3 Å². The van der Waals surface area contributed by atoms with Crippen LogP contribution in [-0.2, 0) is 20.7 Å². The van der Waals surface area contributed by atoms with Gasteiger partial charge in [0, 0.05) is 38.6 Å². The van der Waals surface area contributed by atoms with Gasteiger partial charge in [0.1, 0.15) is 0 Å². The van der Waals surface area contributed by atoms with Crippen molar-refractivity contribution < 1.29 is 14.3 Å². The van der Waals surface area contributed by atoms with E-state index in [9.17, 15) is 4.79 Å². The summed E-state index contributed by atoms with van der Waals surface area (Å²) in [5, 5.41) is 0. The predicted molar refractivity (Wildman–Crippen MR) is 94.0 cm³/mol. The van der Waals surface area contributed by atoms with Crippen LogP contribution in [0.2, 0.25) is 0 Å². The number of fused-ring (bicyclic) bond motifs is 1. The van der Waals surface area contributed by atoms with E-state index in [-0.39, 0.29) is 17.4 Å². The molecule has 2 fully saturated rings. The summed E-state index contributed by atoms with van der Waals surface area (Å²) >= 11 is 0. The van der Waals surface area contributed by atoms with Gasteiger partial charge < -0.3 is 14.4 Å². The highest BCUT2D eigenvalue weighted by molar-refractivity contribution is 5.76. The fourth-order valence-electron chi connectivity index (χ4n) is 4.29. The van der Waals surface area contributed by atoms with E-state index in [1.807, 2.05) is 17.0 Å². The van der Waals surface area contributed by atoms with Crippen LogP contribution in [0.3, 0.4) is 0 Å². The highest BCUT2D eigenvalue weighted by Gasteiger charge is 2.46. The van der Waals surface area contributed by atoms with Crippen LogP contribution < -0.4 is 0 Å². The minimum Gasteiger partial charge on any atom is -0.384 e. The van der Waals surface area contributed by atoms with Crippen LogP contribution in [0.25, 0.3) is 0 Å². The minimum atomic E-state index is -0.0103. The molecule has 2 atom stereocenters. The first-order valence-corrected chi connectivity index (χ1v) is 9.07. The SMILES string of the molecule is COC[C@@]12CCCO[C@H]1CCN(C(=O)CCc1ccccc1C)C2. The lowest BCUT2D eigenvalue weighted by Crippen LogP contribution is -2.58. The summed E-state index contributed by atoms with van der Waals surface area (Å²) in [7, 11) is 1.75. The normalized spacial score (nSPS) is 26.9. The standard InChI is InChI=1S/C20H29NO3/c1-16-6-3-4-7-17(16)8-9-19(22)21-12-10-18-20(14-21,15-23-2)11-5-13-24-18/h3-4,6-7,18H,5,8-15H2,1-2H3/t18-,20-/m0/s1. The van der Waals surface area contributed by atoms with Gasteiger partial charge in [0.05, 0.1) is 12.7 Å². The smallest absolute Gasteiger partial charge is 0.222 e. The van der Waals surface area contributed by atoms with Crippen molar-refractivity contribution in [1.82, 2.24) is 4.90 Å². The predicted octanol–water partition coefficient (Wildman–Crippen LogP) is 2.97. The van der Waals surface area contributed by atoms with Gasteiger partial charge in [0.2, 0.25) is 5.91 Å². The van der Waals surface area contributed by atoms with Crippen LogP contribution in [0.5, 0.6) is 0 Å². The summed E-state index contributed by atoms with van der Waals surface area (Å²) in [4.78, 5) is 14.8. The van der Waals surface area contributed by atoms with Gasteiger partial charge in [-0.05, 0) is 43.7 Å². The average molecular weight is 331 g/mol. The zero-order chi connectivity index (χ0) is 17.0. The van der Waals surface area contributed by atoms with Crippen LogP contribution in [0.1, 0.15) is 36.8 Å².